The quantitative estimate of drug-likeness (QED) is 0.937. The highest BCUT2D eigenvalue weighted by atomic mass is 35.5. The first kappa shape index (κ1) is 15.8. The van der Waals surface area contributed by atoms with Crippen molar-refractivity contribution in [1.29, 1.82) is 0 Å². The van der Waals surface area contributed by atoms with E-state index < -0.39 is 15.8 Å². The number of aryl methyl sites for hydroxylation is 1. The standard InChI is InChI=1S/C14H13ClFNO3S/c1-9-7-10(21(17,18)19)5-6-14(9)20-8-11-12(15)3-2-4-13(11)16/h2-7H,8H2,1H3,(H2,17,18,19). The molecule has 0 atom stereocenters. The Hall–Kier alpha value is -1.63. The van der Waals surface area contributed by atoms with Gasteiger partial charge in [0.25, 0.3) is 0 Å². The van der Waals surface area contributed by atoms with Gasteiger partial charge in [-0.15, -0.1) is 0 Å². The monoisotopic (exact) mass is 329 g/mol. The molecule has 2 aromatic carbocycles. The number of benzene rings is 2. The first-order valence-corrected chi connectivity index (χ1v) is 7.90. The molecule has 7 heteroatoms. The van der Waals surface area contributed by atoms with Gasteiger partial charge in [0.15, 0.2) is 0 Å². The van der Waals surface area contributed by atoms with Gasteiger partial charge in [-0.1, -0.05) is 17.7 Å². The number of ether oxygens (including phenoxy) is 1. The minimum atomic E-state index is -3.76. The molecule has 2 N–H and O–H groups in total. The zero-order valence-corrected chi connectivity index (χ0v) is 12.7. The van der Waals surface area contributed by atoms with E-state index in [0.29, 0.717) is 11.3 Å². The lowest BCUT2D eigenvalue weighted by atomic mass is 10.2. The Kier molecular flexibility index (Phi) is 4.51. The Balaban J connectivity index is 2.22. The smallest absolute Gasteiger partial charge is 0.238 e. The molecule has 0 unspecified atom stereocenters. The molecule has 0 saturated heterocycles. The van der Waals surface area contributed by atoms with Gasteiger partial charge in [0, 0.05) is 5.56 Å². The summed E-state index contributed by atoms with van der Waals surface area (Å²) in [6, 6.07) is 8.58. The average molecular weight is 330 g/mol. The normalized spacial score (nSPS) is 11.4. The van der Waals surface area contributed by atoms with Crippen LogP contribution >= 0.6 is 11.6 Å². The number of sulfonamides is 1. The first-order chi connectivity index (χ1) is 9.79. The van der Waals surface area contributed by atoms with Gasteiger partial charge in [-0.2, -0.15) is 0 Å². The molecule has 2 rings (SSSR count). The second kappa shape index (κ2) is 6.01. The van der Waals surface area contributed by atoms with Gasteiger partial charge in [-0.05, 0) is 42.8 Å². The lowest BCUT2D eigenvalue weighted by Gasteiger charge is -2.11. The molecule has 0 spiro atoms. The lowest BCUT2D eigenvalue weighted by Crippen LogP contribution is -2.12. The van der Waals surface area contributed by atoms with Crippen molar-refractivity contribution >= 4 is 21.6 Å². The second-order valence-electron chi connectivity index (χ2n) is 4.46. The van der Waals surface area contributed by atoms with Gasteiger partial charge in [-0.3, -0.25) is 0 Å². The predicted octanol–water partition coefficient (Wildman–Crippen LogP) is 3.01. The fourth-order valence-electron chi connectivity index (χ4n) is 1.78. The number of hydrogen-bond donors (Lipinski definition) is 1. The summed E-state index contributed by atoms with van der Waals surface area (Å²) in [6.07, 6.45) is 0. The Morgan fingerprint density at radius 3 is 2.57 bits per heavy atom. The number of hydrogen-bond acceptors (Lipinski definition) is 3. The molecule has 0 heterocycles. The maximum Gasteiger partial charge on any atom is 0.238 e. The van der Waals surface area contributed by atoms with Gasteiger partial charge < -0.3 is 4.74 Å². The summed E-state index contributed by atoms with van der Waals surface area (Å²) < 4.78 is 41.6. The van der Waals surface area contributed by atoms with Crippen molar-refractivity contribution in [2.75, 3.05) is 0 Å². The van der Waals surface area contributed by atoms with Gasteiger partial charge >= 0.3 is 0 Å². The van der Waals surface area contributed by atoms with Crippen molar-refractivity contribution in [1.82, 2.24) is 0 Å². The Labute approximate surface area is 127 Å². The number of halogens is 2. The molecular formula is C14H13ClFNO3S. The van der Waals surface area contributed by atoms with E-state index in [4.69, 9.17) is 21.5 Å². The zero-order chi connectivity index (χ0) is 15.6. The fourth-order valence-corrected chi connectivity index (χ4v) is 2.60. The van der Waals surface area contributed by atoms with Crippen molar-refractivity contribution in [2.45, 2.75) is 18.4 Å². The third-order valence-corrected chi connectivity index (χ3v) is 4.17. The molecule has 21 heavy (non-hydrogen) atoms. The molecule has 0 radical (unpaired) electrons. The second-order valence-corrected chi connectivity index (χ2v) is 6.43. The summed E-state index contributed by atoms with van der Waals surface area (Å²) in [5, 5.41) is 5.32. The minimum Gasteiger partial charge on any atom is -0.488 e. The van der Waals surface area contributed by atoms with Crippen LogP contribution in [0.25, 0.3) is 0 Å². The van der Waals surface area contributed by atoms with Crippen LogP contribution in [0.1, 0.15) is 11.1 Å². The highest BCUT2D eigenvalue weighted by Gasteiger charge is 2.12. The van der Waals surface area contributed by atoms with Gasteiger partial charge in [0.05, 0.1) is 9.92 Å². The van der Waals surface area contributed by atoms with E-state index in [0.717, 1.165) is 0 Å². The molecule has 0 saturated carbocycles. The minimum absolute atomic E-state index is 0.00345. The van der Waals surface area contributed by atoms with Crippen molar-refractivity contribution < 1.29 is 17.5 Å². The third-order valence-electron chi connectivity index (χ3n) is 2.91. The van der Waals surface area contributed by atoms with Gasteiger partial charge in [0.2, 0.25) is 10.0 Å². The zero-order valence-electron chi connectivity index (χ0n) is 11.1. The molecule has 0 amide bonds. The number of nitrogens with two attached hydrogens (primary N) is 1. The molecule has 0 bridgehead atoms. The largest absolute Gasteiger partial charge is 0.488 e. The van der Waals surface area contributed by atoms with Gasteiger partial charge in [0.1, 0.15) is 18.2 Å². The summed E-state index contributed by atoms with van der Waals surface area (Å²) in [7, 11) is -3.76. The molecule has 4 nitrogen and oxygen atoms in total. The van der Waals surface area contributed by atoms with Crippen LogP contribution in [0.4, 0.5) is 4.39 Å². The van der Waals surface area contributed by atoms with Crippen LogP contribution in [0.3, 0.4) is 0 Å². The Morgan fingerprint density at radius 2 is 2.00 bits per heavy atom. The van der Waals surface area contributed by atoms with Crippen LogP contribution in [0.2, 0.25) is 5.02 Å². The molecule has 112 valence electrons. The van der Waals surface area contributed by atoms with Crippen LogP contribution < -0.4 is 9.88 Å². The average Bonchev–Trinajstić information content (AvgIpc) is 2.38. The van der Waals surface area contributed by atoms with E-state index in [1.807, 2.05) is 0 Å². The van der Waals surface area contributed by atoms with Crippen LogP contribution in [0.15, 0.2) is 41.3 Å². The van der Waals surface area contributed by atoms with Crippen LogP contribution in [-0.4, -0.2) is 8.42 Å². The first-order valence-electron chi connectivity index (χ1n) is 5.98. The molecular weight excluding hydrogens is 317 g/mol. The van der Waals surface area contributed by atoms with Crippen molar-refractivity contribution in [3.8, 4) is 5.75 Å². The topological polar surface area (TPSA) is 69.4 Å². The number of primary sulfonamides is 1. The summed E-state index contributed by atoms with van der Waals surface area (Å²) in [5.41, 5.74) is 0.822. The third kappa shape index (κ3) is 3.72. The van der Waals surface area contributed by atoms with Crippen molar-refractivity contribution in [3.63, 3.8) is 0 Å². The molecule has 0 aliphatic heterocycles. The molecule has 0 fully saturated rings. The fraction of sp³-hybridized carbons (Fsp3) is 0.143. The van der Waals surface area contributed by atoms with E-state index in [1.165, 1.54) is 30.3 Å². The maximum absolute atomic E-state index is 13.6. The highest BCUT2D eigenvalue weighted by molar-refractivity contribution is 7.89. The Bertz CT molecular complexity index is 758. The predicted molar refractivity (Wildman–Crippen MR) is 78.3 cm³/mol. The number of rotatable bonds is 4. The van der Waals surface area contributed by atoms with E-state index in [9.17, 15) is 12.8 Å². The maximum atomic E-state index is 13.6. The van der Waals surface area contributed by atoms with Crippen LogP contribution in [0, 0.1) is 12.7 Å². The Morgan fingerprint density at radius 1 is 1.29 bits per heavy atom. The van der Waals surface area contributed by atoms with E-state index in [-0.39, 0.29) is 22.1 Å². The highest BCUT2D eigenvalue weighted by Crippen LogP contribution is 2.25. The lowest BCUT2D eigenvalue weighted by molar-refractivity contribution is 0.297. The summed E-state index contributed by atoms with van der Waals surface area (Å²) in [4.78, 5) is -0.00345. The SMILES string of the molecule is Cc1cc(S(N)(=O)=O)ccc1OCc1c(F)cccc1Cl. The van der Waals surface area contributed by atoms with E-state index in [2.05, 4.69) is 0 Å². The van der Waals surface area contributed by atoms with Crippen molar-refractivity contribution in [3.05, 3.63) is 58.4 Å². The van der Waals surface area contributed by atoms with Crippen molar-refractivity contribution in [2.24, 2.45) is 5.14 Å². The van der Waals surface area contributed by atoms with Crippen LogP contribution in [0.5, 0.6) is 5.75 Å². The summed E-state index contributed by atoms with van der Waals surface area (Å²) in [5.74, 6) is -0.0250. The van der Waals surface area contributed by atoms with Gasteiger partial charge in [-0.25, -0.2) is 17.9 Å². The molecule has 0 aliphatic carbocycles. The molecule has 2 aromatic rings. The molecule has 0 aliphatic rings. The van der Waals surface area contributed by atoms with E-state index >= 15 is 0 Å². The van der Waals surface area contributed by atoms with E-state index in [1.54, 1.807) is 13.0 Å². The van der Waals surface area contributed by atoms with Crippen LogP contribution in [-0.2, 0) is 16.6 Å². The summed E-state index contributed by atoms with van der Waals surface area (Å²) >= 11 is 5.90. The summed E-state index contributed by atoms with van der Waals surface area (Å²) in [6.45, 7) is 1.62. The molecule has 0 aromatic heterocycles.